The summed E-state index contributed by atoms with van der Waals surface area (Å²) in [5.74, 6) is 0.0676. The van der Waals surface area contributed by atoms with E-state index in [0.29, 0.717) is 17.8 Å². The zero-order valence-electron chi connectivity index (χ0n) is 16.4. The summed E-state index contributed by atoms with van der Waals surface area (Å²) in [5.41, 5.74) is 0.978. The number of H-pyrrole nitrogens is 1. The highest BCUT2D eigenvalue weighted by Crippen LogP contribution is 2.11. The van der Waals surface area contributed by atoms with Gasteiger partial charge in [0.25, 0.3) is 0 Å². The number of carbonyl (C=O) groups excluding carboxylic acids is 2. The monoisotopic (exact) mass is 374 g/mol. The summed E-state index contributed by atoms with van der Waals surface area (Å²) < 4.78 is 0. The van der Waals surface area contributed by atoms with Gasteiger partial charge in [-0.1, -0.05) is 50.7 Å². The lowest BCUT2D eigenvalue weighted by Gasteiger charge is -2.00. The summed E-state index contributed by atoms with van der Waals surface area (Å²) in [5, 5.41) is 11.3. The van der Waals surface area contributed by atoms with Crippen LogP contribution in [0.15, 0.2) is 29.4 Å². The number of aldehydes is 1. The Hall–Kier alpha value is -2.17. The topological polar surface area (TPSA) is 82.5 Å². The van der Waals surface area contributed by atoms with E-state index >= 15 is 0 Å². The van der Waals surface area contributed by atoms with Gasteiger partial charge in [-0.3, -0.25) is 9.59 Å². The van der Waals surface area contributed by atoms with Gasteiger partial charge in [0.05, 0.1) is 11.4 Å². The molecule has 1 aromatic heterocycles. The van der Waals surface area contributed by atoms with E-state index in [-0.39, 0.29) is 5.78 Å². The third kappa shape index (κ3) is 11.9. The molecule has 0 radical (unpaired) electrons. The van der Waals surface area contributed by atoms with Crippen LogP contribution in [0.25, 0.3) is 0 Å². The second-order valence-electron chi connectivity index (χ2n) is 6.94. The number of allylic oxidation sites excluding steroid dienone is 2. The summed E-state index contributed by atoms with van der Waals surface area (Å²) in [6.45, 7) is 0. The molecule has 0 fully saturated rings. The zero-order chi connectivity index (χ0) is 19.6. The standard InChI is InChI=1S/C22H34N2O3/c25-19-20-16-17-21(24-20)22(26)15-13-11-9-7-5-3-1-2-4-6-8-10-12-14-18-23-27/h7,9,16-19,24,27H,1-6,8,10-15H2. The maximum Gasteiger partial charge on any atom is 0.179 e. The van der Waals surface area contributed by atoms with Crippen LogP contribution in [-0.4, -0.2) is 28.5 Å². The van der Waals surface area contributed by atoms with E-state index in [1.807, 2.05) is 0 Å². The number of hydrogen-bond donors (Lipinski definition) is 2. The van der Waals surface area contributed by atoms with Crippen LogP contribution in [0.3, 0.4) is 0 Å². The van der Waals surface area contributed by atoms with E-state index in [2.05, 4.69) is 22.3 Å². The lowest BCUT2D eigenvalue weighted by molar-refractivity contribution is 0.0976. The van der Waals surface area contributed by atoms with Crippen molar-refractivity contribution in [2.75, 3.05) is 0 Å². The Labute approximate surface area is 162 Å². The second-order valence-corrected chi connectivity index (χ2v) is 6.94. The summed E-state index contributed by atoms with van der Waals surface area (Å²) >= 11 is 0. The van der Waals surface area contributed by atoms with E-state index in [1.165, 1.54) is 44.9 Å². The average molecular weight is 375 g/mol. The predicted octanol–water partition coefficient (Wildman–Crippen LogP) is 6.10. The highest BCUT2D eigenvalue weighted by Gasteiger charge is 2.07. The van der Waals surface area contributed by atoms with E-state index in [1.54, 1.807) is 18.3 Å². The molecule has 27 heavy (non-hydrogen) atoms. The molecule has 0 saturated heterocycles. The van der Waals surface area contributed by atoms with Gasteiger partial charge < -0.3 is 10.2 Å². The van der Waals surface area contributed by atoms with Gasteiger partial charge in [0.15, 0.2) is 12.1 Å². The maximum atomic E-state index is 11.9. The fraction of sp³-hybridized carbons (Fsp3) is 0.591. The number of ketones is 1. The molecule has 0 bridgehead atoms. The molecule has 0 aromatic carbocycles. The normalized spacial score (nSPS) is 11.6. The summed E-state index contributed by atoms with van der Waals surface area (Å²) in [4.78, 5) is 25.3. The highest BCUT2D eigenvalue weighted by atomic mass is 16.4. The number of rotatable bonds is 17. The first kappa shape index (κ1) is 22.9. The Bertz CT molecular complexity index is 576. The van der Waals surface area contributed by atoms with Gasteiger partial charge in [-0.2, -0.15) is 0 Å². The van der Waals surface area contributed by atoms with E-state index in [0.717, 1.165) is 38.4 Å². The number of aromatic amines is 1. The van der Waals surface area contributed by atoms with Crippen molar-refractivity contribution in [3.8, 4) is 0 Å². The fourth-order valence-electron chi connectivity index (χ4n) is 3.01. The second kappa shape index (κ2) is 16.0. The maximum absolute atomic E-state index is 11.9. The number of oxime groups is 1. The molecule has 0 spiro atoms. The molecular weight excluding hydrogens is 340 g/mol. The molecule has 5 nitrogen and oxygen atoms in total. The van der Waals surface area contributed by atoms with Gasteiger partial charge in [0, 0.05) is 12.6 Å². The van der Waals surface area contributed by atoms with E-state index < -0.39 is 0 Å². The van der Waals surface area contributed by atoms with Gasteiger partial charge >= 0.3 is 0 Å². The Morgan fingerprint density at radius 3 is 2.07 bits per heavy atom. The molecule has 1 heterocycles. The summed E-state index contributed by atoms with van der Waals surface area (Å²) in [6, 6.07) is 3.31. The lowest BCUT2D eigenvalue weighted by atomic mass is 10.1. The van der Waals surface area contributed by atoms with Gasteiger partial charge in [-0.25, -0.2) is 0 Å². The van der Waals surface area contributed by atoms with Gasteiger partial charge in [0.2, 0.25) is 0 Å². The fourth-order valence-corrected chi connectivity index (χ4v) is 3.01. The first-order valence-corrected chi connectivity index (χ1v) is 10.3. The number of aromatic nitrogens is 1. The third-order valence-electron chi connectivity index (χ3n) is 4.61. The highest BCUT2D eigenvalue weighted by molar-refractivity contribution is 5.95. The Morgan fingerprint density at radius 2 is 1.48 bits per heavy atom. The van der Waals surface area contributed by atoms with Crippen LogP contribution in [-0.2, 0) is 0 Å². The van der Waals surface area contributed by atoms with Crippen LogP contribution in [0.2, 0.25) is 0 Å². The number of carbonyl (C=O) groups is 2. The van der Waals surface area contributed by atoms with Gasteiger partial charge in [0.1, 0.15) is 0 Å². The number of hydrogen-bond acceptors (Lipinski definition) is 4. The molecule has 0 aliphatic rings. The SMILES string of the molecule is O=Cc1ccc(C(=O)CCCC=CCCCCCCCCCCC=NO)[nH]1. The van der Waals surface area contributed by atoms with Crippen LogP contribution in [0.1, 0.15) is 104 Å². The quantitative estimate of drug-likeness (QED) is 0.0657. The number of nitrogens with one attached hydrogen (secondary N) is 1. The summed E-state index contributed by atoms with van der Waals surface area (Å²) in [7, 11) is 0. The Morgan fingerprint density at radius 1 is 0.889 bits per heavy atom. The minimum atomic E-state index is 0.0676. The third-order valence-corrected chi connectivity index (χ3v) is 4.61. The van der Waals surface area contributed by atoms with E-state index in [9.17, 15) is 9.59 Å². The minimum Gasteiger partial charge on any atom is -0.411 e. The first-order chi connectivity index (χ1) is 13.3. The molecule has 1 rings (SSSR count). The molecule has 2 N–H and O–H groups in total. The average Bonchev–Trinajstić information content (AvgIpc) is 3.17. The Kier molecular flexibility index (Phi) is 13.6. The van der Waals surface area contributed by atoms with Crippen molar-refractivity contribution in [1.29, 1.82) is 0 Å². The van der Waals surface area contributed by atoms with E-state index in [4.69, 9.17) is 5.21 Å². The zero-order valence-corrected chi connectivity index (χ0v) is 16.4. The smallest absolute Gasteiger partial charge is 0.179 e. The molecule has 0 unspecified atom stereocenters. The van der Waals surface area contributed by atoms with Crippen molar-refractivity contribution in [3.63, 3.8) is 0 Å². The first-order valence-electron chi connectivity index (χ1n) is 10.3. The number of unbranched alkanes of at least 4 members (excludes halogenated alkanes) is 10. The van der Waals surface area contributed by atoms with Crippen molar-refractivity contribution in [1.82, 2.24) is 4.98 Å². The molecule has 150 valence electrons. The molecule has 5 heteroatoms. The van der Waals surface area contributed by atoms with Crippen LogP contribution >= 0.6 is 0 Å². The molecule has 0 saturated carbocycles. The van der Waals surface area contributed by atoms with Crippen molar-refractivity contribution in [2.45, 2.75) is 83.5 Å². The molecule has 0 atom stereocenters. The van der Waals surface area contributed by atoms with Crippen molar-refractivity contribution >= 4 is 18.3 Å². The lowest BCUT2D eigenvalue weighted by Crippen LogP contribution is -1.99. The largest absolute Gasteiger partial charge is 0.411 e. The minimum absolute atomic E-state index is 0.0676. The Balaban J connectivity index is 1.88. The van der Waals surface area contributed by atoms with Crippen LogP contribution in [0, 0.1) is 0 Å². The molecule has 1 aromatic rings. The molecule has 0 aliphatic heterocycles. The van der Waals surface area contributed by atoms with Gasteiger partial charge in [-0.15, -0.1) is 5.16 Å². The van der Waals surface area contributed by atoms with Crippen LogP contribution in [0.4, 0.5) is 0 Å². The van der Waals surface area contributed by atoms with Crippen molar-refractivity contribution in [3.05, 3.63) is 35.7 Å². The van der Waals surface area contributed by atoms with Crippen LogP contribution < -0.4 is 0 Å². The summed E-state index contributed by atoms with van der Waals surface area (Å²) in [6.07, 6.45) is 21.0. The van der Waals surface area contributed by atoms with Crippen molar-refractivity contribution in [2.24, 2.45) is 5.16 Å². The molecule has 0 amide bonds. The molecular formula is C22H34N2O3. The predicted molar refractivity (Wildman–Crippen MR) is 110 cm³/mol. The number of nitrogens with zero attached hydrogens (tertiary/aromatic N) is 1. The molecule has 0 aliphatic carbocycles. The van der Waals surface area contributed by atoms with Crippen LogP contribution in [0.5, 0.6) is 0 Å². The number of Topliss-reactive ketones (excluding diaryl/α,β-unsaturated/α-hetero) is 1. The van der Waals surface area contributed by atoms with Gasteiger partial charge in [-0.05, 0) is 50.7 Å². The van der Waals surface area contributed by atoms with Crippen molar-refractivity contribution < 1.29 is 14.8 Å².